The Labute approximate surface area is 367 Å². The van der Waals surface area contributed by atoms with Gasteiger partial charge in [-0.15, -0.1) is 0 Å². The van der Waals surface area contributed by atoms with Crippen LogP contribution in [-0.4, -0.2) is 11.9 Å². The standard InChI is InChI=1S/CH4NOP47/c1-2-4-6-8-10-12-14-16-18-20-22-24-26-28-30-32-34-36-38-40-42-44-46-48-50-49-47-45-43-41-39-37-35-33-31-29-27-25-23-21-19-17-15-13-11-9-7-5-3/h3H,1H3. The van der Waals surface area contributed by atoms with Gasteiger partial charge in [-0.3, -0.25) is 4.74 Å². The summed E-state index contributed by atoms with van der Waals surface area (Å²) in [4.78, 5) is 8.74. The molecule has 1 N–H and O–H groups in total. The third kappa shape index (κ3) is 61.9. The lowest BCUT2D eigenvalue weighted by Gasteiger charge is -1.70. The Bertz CT molecular complexity index is 1460. The highest BCUT2D eigenvalue weighted by Crippen LogP contribution is 2.61. The van der Waals surface area contributed by atoms with Gasteiger partial charge in [-0.1, -0.05) is 0 Å². The molecule has 0 heterocycles. The monoisotopic (exact) mass is 1500 g/mol. The van der Waals surface area contributed by atoms with Gasteiger partial charge in [0.05, 0.1) is 16.2 Å². The molecule has 0 spiro atoms. The van der Waals surface area contributed by atoms with Crippen molar-refractivity contribution < 1.29 is 4.89 Å². The van der Waals surface area contributed by atoms with Gasteiger partial charge < -0.3 is 4.89 Å². The summed E-state index contributed by atoms with van der Waals surface area (Å²) in [6, 6.07) is 0. The molecule has 0 unspecified atom stereocenters. The molecule has 50 heavy (non-hydrogen) atoms. The lowest BCUT2D eigenvalue weighted by Crippen LogP contribution is -1.18. The summed E-state index contributed by atoms with van der Waals surface area (Å²) in [5, 5.41) is 0. The Morgan fingerprint density at radius 1 is 0.200 bits per heavy atom. The number of hydrogen-bond donors (Lipinski definition) is 1. The molecule has 0 aromatic heterocycles. The molecule has 0 radical (unpaired) electrons. The highest BCUT2D eigenvalue weighted by Gasteiger charge is 1.75. The second-order valence-corrected chi connectivity index (χ2v) is 111. The average Bonchev–Trinajstić information content (AvgIpc) is 3.13. The molecular weight excluding hydrogens is 1500 g/mol. The fourth-order valence-electron chi connectivity index (χ4n) is 0.845. The van der Waals surface area contributed by atoms with E-state index < -0.39 is 0 Å². The summed E-state index contributed by atoms with van der Waals surface area (Å²) in [5.41, 5.74) is 0. The zero-order valence-corrected chi connectivity index (χ0v) is 65.0. The van der Waals surface area contributed by atoms with E-state index in [4.69, 9.17) is 4.89 Å². The number of hydrogen-bond acceptors (Lipinski definition) is 1. The first kappa shape index (κ1) is 63.9. The highest BCUT2D eigenvalue weighted by atomic mass is 32.7. The molecule has 0 saturated carbocycles. The second kappa shape index (κ2) is 62.9. The van der Waals surface area contributed by atoms with Crippen molar-refractivity contribution in [2.45, 2.75) is 0 Å². The lowest BCUT2D eigenvalue weighted by molar-refractivity contribution is 0.662. The van der Waals surface area contributed by atoms with Crippen LogP contribution in [0.5, 0.6) is 0 Å². The van der Waals surface area contributed by atoms with E-state index in [2.05, 4.69) is 4.74 Å². The Morgan fingerprint density at radius 2 is 0.320 bits per heavy atom. The summed E-state index contributed by atoms with van der Waals surface area (Å²) >= 11 is 0. The quantitative estimate of drug-likeness (QED) is 0.102. The van der Waals surface area contributed by atoms with E-state index in [-0.39, 0.29) is 0 Å². The third-order valence-electron chi connectivity index (χ3n) is 1.93. The van der Waals surface area contributed by atoms with E-state index in [0.29, 0.717) is 8.09 Å². The van der Waals surface area contributed by atoms with Gasteiger partial charge >= 0.3 is 0 Å². The van der Waals surface area contributed by atoms with Crippen LogP contribution in [-0.2, 0) is 0 Å². The van der Waals surface area contributed by atoms with Crippen LogP contribution in [0.4, 0.5) is 0 Å². The molecule has 0 aromatic carbocycles. The van der Waals surface area contributed by atoms with Gasteiger partial charge in [0.15, 0.2) is 0 Å². The van der Waals surface area contributed by atoms with Crippen LogP contribution in [0.25, 0.3) is 0 Å². The summed E-state index contributed by atoms with van der Waals surface area (Å²) in [6.45, 7) is 0. The Balaban J connectivity index is 4.05. The van der Waals surface area contributed by atoms with Crippen LogP contribution in [0.1, 0.15) is 0 Å². The summed E-state index contributed by atoms with van der Waals surface area (Å²) in [7, 11) is 73.9. The molecule has 0 atom stereocenters. The van der Waals surface area contributed by atoms with Crippen molar-refractivity contribution in [3.8, 4) is 0 Å². The van der Waals surface area contributed by atoms with E-state index in [1.54, 1.807) is 287 Å². The van der Waals surface area contributed by atoms with Crippen molar-refractivity contribution in [1.82, 2.24) is 0 Å². The fraction of sp³-hybridized carbons (Fsp3) is 1.00. The van der Waals surface area contributed by atoms with Gasteiger partial charge in [-0.25, -0.2) is 0 Å². The molecule has 0 bridgehead atoms. The van der Waals surface area contributed by atoms with Crippen LogP contribution in [0.2, 0.25) is 0 Å². The molecule has 0 fully saturated rings. The summed E-state index contributed by atoms with van der Waals surface area (Å²) in [5.74, 6) is 0. The Morgan fingerprint density at radius 3 is 0.440 bits per heavy atom. The zero-order chi connectivity index (χ0) is 35.9. The normalized spacial score (nSPS) is 15.5. The molecule has 0 saturated heterocycles. The topological polar surface area (TPSA) is 32.6 Å². The second-order valence-electron chi connectivity index (χ2n) is 4.40. The number of nitrogens with zero attached hydrogens (tertiary/aromatic N) is 1. The van der Waals surface area contributed by atoms with Crippen molar-refractivity contribution in [2.24, 2.45) is 4.74 Å². The molecule has 49 heteroatoms. The highest BCUT2D eigenvalue weighted by molar-refractivity contribution is 8.66. The molecule has 0 amide bonds. The largest absolute Gasteiger partial charge is 0.338 e. The van der Waals surface area contributed by atoms with Gasteiger partial charge in [0.25, 0.3) is 0 Å². The van der Waals surface area contributed by atoms with Crippen LogP contribution >= 0.6 is 356 Å². The summed E-state index contributed by atoms with van der Waals surface area (Å²) in [6.07, 6.45) is 0. The van der Waals surface area contributed by atoms with E-state index in [1.807, 2.05) is 7.05 Å². The van der Waals surface area contributed by atoms with Gasteiger partial charge in [-0.05, 0) is 0 Å². The van der Waals surface area contributed by atoms with Crippen molar-refractivity contribution in [2.75, 3.05) is 7.05 Å². The van der Waals surface area contributed by atoms with E-state index >= 15 is 0 Å². The maximum absolute atomic E-state index is 8.74. The molecule has 0 aliphatic carbocycles. The van der Waals surface area contributed by atoms with Gasteiger partial charge in [-0.2, -0.15) is 0 Å². The first-order valence-corrected chi connectivity index (χ1v) is 84.4. The van der Waals surface area contributed by atoms with E-state index in [0.717, 1.165) is 7.56 Å². The number of rotatable bonds is 23. The maximum Gasteiger partial charge on any atom is 0.0909 e. The van der Waals surface area contributed by atoms with Crippen LogP contribution in [0.3, 0.4) is 0 Å². The van der Waals surface area contributed by atoms with Crippen molar-refractivity contribution in [3.63, 3.8) is 0 Å². The van der Waals surface area contributed by atoms with Crippen molar-refractivity contribution >= 4 is 356 Å². The molecule has 2 nitrogen and oxygen atoms in total. The first-order valence-electron chi connectivity index (χ1n) is 10.0. The van der Waals surface area contributed by atoms with Crippen molar-refractivity contribution in [3.05, 3.63) is 0 Å². The lowest BCUT2D eigenvalue weighted by atomic mass is 11.6. The van der Waals surface area contributed by atoms with Gasteiger partial charge in [0.2, 0.25) is 0 Å². The van der Waals surface area contributed by atoms with E-state index in [9.17, 15) is 0 Å². The summed E-state index contributed by atoms with van der Waals surface area (Å²) < 4.78 is 4.12. The zero-order valence-electron chi connectivity index (χ0n) is 22.9. The molecule has 0 rings (SSSR count). The fourth-order valence-corrected chi connectivity index (χ4v) is 191. The molecule has 0 aromatic rings. The minimum atomic E-state index is 0.513. The predicted octanol–water partition coefficient (Wildman–Crippen LogP) is 40.3. The van der Waals surface area contributed by atoms with Crippen LogP contribution in [0, 0.1) is 0 Å². The Kier molecular flexibility index (Phi) is 80.3. The molecule has 0 aliphatic heterocycles. The first-order chi connectivity index (χ1) is 24.9. The third-order valence-corrected chi connectivity index (χ3v) is 146. The molecule has 0 aliphatic rings. The van der Waals surface area contributed by atoms with Crippen LogP contribution < -0.4 is 0 Å². The van der Waals surface area contributed by atoms with E-state index in [1.165, 1.54) is 53.4 Å². The molecule has 254 valence electrons. The van der Waals surface area contributed by atoms with Gasteiger partial charge in [0, 0.05) is 347 Å². The Hall–Kier alpha value is 13.9. The maximum atomic E-state index is 8.74. The smallest absolute Gasteiger partial charge is 0.0909 e. The average molecular weight is 1500 g/mol. The SMILES string of the molecule is CN=PP=PP=PP=PP=PP=PP=PP=PP=PP=PP=PP=PP=PP=PP=PP=PP=PP=PP=PP=PP=PP=PP=PP=PO. The van der Waals surface area contributed by atoms with Crippen LogP contribution in [0.15, 0.2) is 4.74 Å². The minimum absolute atomic E-state index is 0.513. The van der Waals surface area contributed by atoms with Crippen molar-refractivity contribution in [1.29, 1.82) is 0 Å². The van der Waals surface area contributed by atoms with Gasteiger partial charge in [0.1, 0.15) is 0 Å². The molecular formula is CH4NOP47. The predicted molar refractivity (Wildman–Crippen MR) is 336 cm³/mol. The minimum Gasteiger partial charge on any atom is -0.338 e.